The lowest BCUT2D eigenvalue weighted by atomic mass is 10.1. The quantitative estimate of drug-likeness (QED) is 0.683. The first-order chi connectivity index (χ1) is 6.15. The Bertz CT molecular complexity index is 311. The Morgan fingerprint density at radius 3 is 2.77 bits per heavy atom. The minimum Gasteiger partial charge on any atom is -0.479 e. The monoisotopic (exact) mass is 181 g/mol. The number of hydrogen-bond acceptors (Lipinski definition) is 3. The van der Waals surface area contributed by atoms with E-state index >= 15 is 0 Å². The van der Waals surface area contributed by atoms with E-state index < -0.39 is 12.1 Å². The number of methoxy groups -OCH3 is 1. The summed E-state index contributed by atoms with van der Waals surface area (Å²) < 4.78 is 4.80. The first-order valence-corrected chi connectivity index (χ1v) is 3.76. The third kappa shape index (κ3) is 2.19. The number of hydrogen-bond donors (Lipinski definition) is 2. The van der Waals surface area contributed by atoms with Crippen LogP contribution in [-0.2, 0) is 9.53 Å². The standard InChI is InChI=1S/C9H11NO3/c1-13-8(9(11)12)6-3-2-4-7(10)5-6/h2-5,8H,10H2,1H3,(H,11,12). The van der Waals surface area contributed by atoms with Crippen LogP contribution in [0, 0.1) is 0 Å². The van der Waals surface area contributed by atoms with Gasteiger partial charge in [-0.05, 0) is 17.7 Å². The zero-order valence-electron chi connectivity index (χ0n) is 7.23. The van der Waals surface area contributed by atoms with Crippen molar-refractivity contribution in [2.75, 3.05) is 12.8 Å². The van der Waals surface area contributed by atoms with Gasteiger partial charge in [-0.25, -0.2) is 4.79 Å². The maximum Gasteiger partial charge on any atom is 0.337 e. The van der Waals surface area contributed by atoms with Crippen molar-refractivity contribution < 1.29 is 14.6 Å². The van der Waals surface area contributed by atoms with Crippen molar-refractivity contribution in [3.05, 3.63) is 29.8 Å². The molecular weight excluding hydrogens is 170 g/mol. The van der Waals surface area contributed by atoms with Gasteiger partial charge in [0.2, 0.25) is 0 Å². The molecule has 0 saturated heterocycles. The summed E-state index contributed by atoms with van der Waals surface area (Å²) in [4.78, 5) is 10.7. The largest absolute Gasteiger partial charge is 0.479 e. The molecule has 13 heavy (non-hydrogen) atoms. The van der Waals surface area contributed by atoms with Gasteiger partial charge in [0.1, 0.15) is 0 Å². The average molecular weight is 181 g/mol. The first kappa shape index (κ1) is 9.54. The summed E-state index contributed by atoms with van der Waals surface area (Å²) in [7, 11) is 1.35. The molecule has 0 fully saturated rings. The highest BCUT2D eigenvalue weighted by Gasteiger charge is 2.18. The van der Waals surface area contributed by atoms with Gasteiger partial charge in [-0.15, -0.1) is 0 Å². The van der Waals surface area contributed by atoms with Crippen LogP contribution in [0.4, 0.5) is 5.69 Å². The van der Waals surface area contributed by atoms with Gasteiger partial charge in [-0.3, -0.25) is 0 Å². The molecule has 4 nitrogen and oxygen atoms in total. The fourth-order valence-electron chi connectivity index (χ4n) is 1.10. The molecule has 0 saturated carbocycles. The Labute approximate surface area is 75.9 Å². The van der Waals surface area contributed by atoms with Gasteiger partial charge >= 0.3 is 5.97 Å². The smallest absolute Gasteiger partial charge is 0.337 e. The predicted octanol–water partition coefficient (Wildman–Crippen LogP) is 1.04. The number of carboxylic acids is 1. The molecular formula is C9H11NO3. The highest BCUT2D eigenvalue weighted by molar-refractivity contribution is 5.74. The molecule has 0 aliphatic heterocycles. The summed E-state index contributed by atoms with van der Waals surface area (Å²) in [5, 5.41) is 8.75. The van der Waals surface area contributed by atoms with Crippen LogP contribution in [0.15, 0.2) is 24.3 Å². The SMILES string of the molecule is COC(C(=O)O)c1cccc(N)c1. The number of carboxylic acid groups (broad SMARTS) is 1. The van der Waals surface area contributed by atoms with E-state index in [0.29, 0.717) is 11.3 Å². The first-order valence-electron chi connectivity index (χ1n) is 3.76. The van der Waals surface area contributed by atoms with Gasteiger partial charge in [-0.2, -0.15) is 0 Å². The number of anilines is 1. The van der Waals surface area contributed by atoms with E-state index in [1.54, 1.807) is 24.3 Å². The predicted molar refractivity (Wildman–Crippen MR) is 48.2 cm³/mol. The molecule has 0 heterocycles. The summed E-state index contributed by atoms with van der Waals surface area (Å²) >= 11 is 0. The van der Waals surface area contributed by atoms with Crippen molar-refractivity contribution in [3.8, 4) is 0 Å². The fraction of sp³-hybridized carbons (Fsp3) is 0.222. The van der Waals surface area contributed by atoms with Gasteiger partial charge in [0, 0.05) is 12.8 Å². The Hall–Kier alpha value is -1.55. The molecule has 0 bridgehead atoms. The molecule has 70 valence electrons. The number of ether oxygens (including phenoxy) is 1. The Kier molecular flexibility index (Phi) is 2.87. The van der Waals surface area contributed by atoms with Crippen LogP contribution >= 0.6 is 0 Å². The summed E-state index contributed by atoms with van der Waals surface area (Å²) in [6.45, 7) is 0. The molecule has 1 rings (SSSR count). The van der Waals surface area contributed by atoms with E-state index in [1.165, 1.54) is 7.11 Å². The second kappa shape index (κ2) is 3.91. The molecule has 3 N–H and O–H groups in total. The van der Waals surface area contributed by atoms with Crippen molar-refractivity contribution in [1.29, 1.82) is 0 Å². The molecule has 1 atom stereocenters. The van der Waals surface area contributed by atoms with Gasteiger partial charge < -0.3 is 15.6 Å². The van der Waals surface area contributed by atoms with E-state index in [9.17, 15) is 4.79 Å². The molecule has 0 amide bonds. The van der Waals surface area contributed by atoms with Crippen molar-refractivity contribution in [3.63, 3.8) is 0 Å². The lowest BCUT2D eigenvalue weighted by molar-refractivity contribution is -0.148. The zero-order chi connectivity index (χ0) is 9.84. The molecule has 1 aromatic carbocycles. The van der Waals surface area contributed by atoms with E-state index in [0.717, 1.165) is 0 Å². The number of nitrogens with two attached hydrogens (primary N) is 1. The minimum atomic E-state index is -1.02. The second-order valence-electron chi connectivity index (χ2n) is 2.62. The van der Waals surface area contributed by atoms with Crippen molar-refractivity contribution in [2.24, 2.45) is 0 Å². The molecule has 1 unspecified atom stereocenters. The number of aliphatic carboxylic acids is 1. The van der Waals surface area contributed by atoms with E-state index in [-0.39, 0.29) is 0 Å². The van der Waals surface area contributed by atoms with Crippen molar-refractivity contribution in [1.82, 2.24) is 0 Å². The average Bonchev–Trinajstić information content (AvgIpc) is 2.04. The maximum atomic E-state index is 10.7. The third-order valence-electron chi connectivity index (χ3n) is 1.67. The van der Waals surface area contributed by atoms with Crippen molar-refractivity contribution in [2.45, 2.75) is 6.10 Å². The molecule has 0 spiro atoms. The number of benzene rings is 1. The highest BCUT2D eigenvalue weighted by atomic mass is 16.5. The molecule has 0 radical (unpaired) electrons. The van der Waals surface area contributed by atoms with E-state index in [1.807, 2.05) is 0 Å². The fourth-order valence-corrected chi connectivity index (χ4v) is 1.10. The third-order valence-corrected chi connectivity index (χ3v) is 1.67. The van der Waals surface area contributed by atoms with Gasteiger partial charge in [0.15, 0.2) is 6.10 Å². The summed E-state index contributed by atoms with van der Waals surface area (Å²) in [6.07, 6.45) is -0.941. The van der Waals surface area contributed by atoms with Gasteiger partial charge in [-0.1, -0.05) is 12.1 Å². The molecule has 0 aliphatic carbocycles. The van der Waals surface area contributed by atoms with Crippen LogP contribution in [0.5, 0.6) is 0 Å². The highest BCUT2D eigenvalue weighted by Crippen LogP contribution is 2.18. The van der Waals surface area contributed by atoms with Crippen LogP contribution in [0.2, 0.25) is 0 Å². The van der Waals surface area contributed by atoms with Crippen LogP contribution in [0.3, 0.4) is 0 Å². The molecule has 4 heteroatoms. The molecule has 0 aliphatic rings. The lowest BCUT2D eigenvalue weighted by Crippen LogP contribution is -2.13. The number of nitrogen functional groups attached to an aromatic ring is 1. The van der Waals surface area contributed by atoms with E-state index in [2.05, 4.69) is 0 Å². The van der Waals surface area contributed by atoms with Crippen LogP contribution in [0.1, 0.15) is 11.7 Å². The second-order valence-corrected chi connectivity index (χ2v) is 2.62. The van der Waals surface area contributed by atoms with E-state index in [4.69, 9.17) is 15.6 Å². The van der Waals surface area contributed by atoms with Crippen LogP contribution < -0.4 is 5.73 Å². The van der Waals surface area contributed by atoms with Gasteiger partial charge in [0.05, 0.1) is 0 Å². The lowest BCUT2D eigenvalue weighted by Gasteiger charge is -2.10. The van der Waals surface area contributed by atoms with Crippen LogP contribution in [0.25, 0.3) is 0 Å². The minimum absolute atomic E-state index is 0.529. The zero-order valence-corrected chi connectivity index (χ0v) is 7.23. The summed E-state index contributed by atoms with van der Waals surface area (Å²) in [5.74, 6) is -1.02. The maximum absolute atomic E-state index is 10.7. The number of rotatable bonds is 3. The summed E-state index contributed by atoms with van der Waals surface area (Å²) in [6, 6.07) is 6.64. The molecule has 0 aromatic heterocycles. The topological polar surface area (TPSA) is 72.5 Å². The van der Waals surface area contributed by atoms with Gasteiger partial charge in [0.25, 0.3) is 0 Å². The Morgan fingerprint density at radius 2 is 2.31 bits per heavy atom. The molecule has 1 aromatic rings. The van der Waals surface area contributed by atoms with Crippen molar-refractivity contribution >= 4 is 11.7 Å². The Balaban J connectivity index is 2.98. The van der Waals surface area contributed by atoms with Crippen LogP contribution in [-0.4, -0.2) is 18.2 Å². The normalized spacial score (nSPS) is 12.4. The number of carbonyl (C=O) groups is 1. The Morgan fingerprint density at radius 1 is 1.62 bits per heavy atom. The summed E-state index contributed by atoms with van der Waals surface area (Å²) in [5.41, 5.74) is 6.58.